The highest BCUT2D eigenvalue weighted by Crippen LogP contribution is 2.32. The Bertz CT molecular complexity index is 1200. The number of hydrogen-bond acceptors (Lipinski definition) is 3. The first-order chi connectivity index (χ1) is 14.5. The molecule has 1 atom stereocenters. The number of hydrogen-bond donors (Lipinski definition) is 1. The minimum Gasteiger partial charge on any atom is -0.350 e. The van der Waals surface area contributed by atoms with E-state index in [1.54, 1.807) is 0 Å². The van der Waals surface area contributed by atoms with E-state index in [0.29, 0.717) is 4.31 Å². The van der Waals surface area contributed by atoms with Crippen molar-refractivity contribution in [3.8, 4) is 0 Å². The molecule has 164 valence electrons. The largest absolute Gasteiger partial charge is 0.416 e. The van der Waals surface area contributed by atoms with Gasteiger partial charge in [0.25, 0.3) is 0 Å². The molecule has 0 aliphatic rings. The molecule has 0 aliphatic heterocycles. The second-order valence-electron chi connectivity index (χ2n) is 7.14. The zero-order valence-electron chi connectivity index (χ0n) is 16.8. The fraction of sp³-hybridized carbons (Fsp3) is 0.227. The molecule has 0 heterocycles. The molecule has 0 bridgehead atoms. The fourth-order valence-corrected chi connectivity index (χ4v) is 4.57. The zero-order valence-corrected chi connectivity index (χ0v) is 17.7. The summed E-state index contributed by atoms with van der Waals surface area (Å²) >= 11 is 0. The van der Waals surface area contributed by atoms with Crippen LogP contribution < -0.4 is 9.62 Å². The predicted molar refractivity (Wildman–Crippen MR) is 114 cm³/mol. The van der Waals surface area contributed by atoms with Crippen molar-refractivity contribution in [3.05, 3.63) is 77.9 Å². The summed E-state index contributed by atoms with van der Waals surface area (Å²) in [5, 5.41) is 4.62. The van der Waals surface area contributed by atoms with Crippen LogP contribution >= 0.6 is 0 Å². The summed E-state index contributed by atoms with van der Waals surface area (Å²) in [6.07, 6.45) is -3.79. The number of carbonyl (C=O) groups is 1. The Labute approximate surface area is 178 Å². The highest BCUT2D eigenvalue weighted by molar-refractivity contribution is 7.92. The van der Waals surface area contributed by atoms with Crippen LogP contribution in [0.25, 0.3) is 10.8 Å². The molecule has 3 aromatic rings. The first-order valence-electron chi connectivity index (χ1n) is 9.39. The molecule has 0 aromatic heterocycles. The summed E-state index contributed by atoms with van der Waals surface area (Å²) in [5.41, 5.74) is -0.393. The van der Waals surface area contributed by atoms with Crippen LogP contribution in [0.4, 0.5) is 18.9 Å². The van der Waals surface area contributed by atoms with E-state index in [1.165, 1.54) is 13.0 Å². The molecule has 0 fully saturated rings. The lowest BCUT2D eigenvalue weighted by Gasteiger charge is -2.28. The second kappa shape index (κ2) is 8.58. The third-order valence-electron chi connectivity index (χ3n) is 4.85. The van der Waals surface area contributed by atoms with Gasteiger partial charge < -0.3 is 5.32 Å². The van der Waals surface area contributed by atoms with E-state index in [-0.39, 0.29) is 12.2 Å². The van der Waals surface area contributed by atoms with Crippen LogP contribution in [0.5, 0.6) is 0 Å². The van der Waals surface area contributed by atoms with Crippen molar-refractivity contribution in [1.29, 1.82) is 0 Å². The number of carbonyl (C=O) groups excluding carboxylic acids is 1. The summed E-state index contributed by atoms with van der Waals surface area (Å²) in [6.45, 7) is 1.48. The standard InChI is InChI=1S/C22H21F3N2O3S/c1-15(21(28)26-14-17-9-5-8-16-7-3-4-12-20(16)17)27(31(2,29)30)19-11-6-10-18(13-19)22(23,24)25/h3-13,15H,14H2,1-2H3,(H,26,28)/t15-/m1/s1. The van der Waals surface area contributed by atoms with Crippen molar-refractivity contribution in [3.63, 3.8) is 0 Å². The Morgan fingerprint density at radius 1 is 1.03 bits per heavy atom. The molecular weight excluding hydrogens is 429 g/mol. The number of nitrogens with zero attached hydrogens (tertiary/aromatic N) is 1. The maximum atomic E-state index is 13.1. The Hall–Kier alpha value is -3.07. The Morgan fingerprint density at radius 2 is 1.68 bits per heavy atom. The maximum absolute atomic E-state index is 13.1. The molecule has 3 aromatic carbocycles. The quantitative estimate of drug-likeness (QED) is 0.608. The minimum absolute atomic E-state index is 0.144. The van der Waals surface area contributed by atoms with Gasteiger partial charge in [0.2, 0.25) is 15.9 Å². The van der Waals surface area contributed by atoms with Gasteiger partial charge in [-0.15, -0.1) is 0 Å². The fourth-order valence-electron chi connectivity index (χ4n) is 3.40. The van der Waals surface area contributed by atoms with Crippen molar-refractivity contribution in [2.75, 3.05) is 10.6 Å². The monoisotopic (exact) mass is 450 g/mol. The number of benzene rings is 3. The average molecular weight is 450 g/mol. The molecule has 0 spiro atoms. The van der Waals surface area contributed by atoms with E-state index in [4.69, 9.17) is 0 Å². The van der Waals surface area contributed by atoms with Crippen molar-refractivity contribution in [2.45, 2.75) is 25.7 Å². The zero-order chi connectivity index (χ0) is 22.8. The van der Waals surface area contributed by atoms with Gasteiger partial charge in [-0.05, 0) is 41.5 Å². The van der Waals surface area contributed by atoms with Crippen molar-refractivity contribution in [1.82, 2.24) is 5.32 Å². The lowest BCUT2D eigenvalue weighted by atomic mass is 10.0. The molecule has 0 saturated heterocycles. The van der Waals surface area contributed by atoms with Crippen LogP contribution in [0.3, 0.4) is 0 Å². The van der Waals surface area contributed by atoms with E-state index in [0.717, 1.165) is 40.8 Å². The molecule has 0 unspecified atom stereocenters. The molecule has 31 heavy (non-hydrogen) atoms. The first-order valence-corrected chi connectivity index (χ1v) is 11.2. The summed E-state index contributed by atoms with van der Waals surface area (Å²) in [7, 11) is -4.04. The Kier molecular flexibility index (Phi) is 6.26. The van der Waals surface area contributed by atoms with Crippen LogP contribution in [-0.2, 0) is 27.5 Å². The van der Waals surface area contributed by atoms with Crippen LogP contribution in [0.15, 0.2) is 66.7 Å². The number of nitrogens with one attached hydrogen (secondary N) is 1. The number of halogens is 3. The van der Waals surface area contributed by atoms with E-state index < -0.39 is 33.7 Å². The molecule has 9 heteroatoms. The van der Waals surface area contributed by atoms with Crippen molar-refractivity contribution >= 4 is 32.4 Å². The maximum Gasteiger partial charge on any atom is 0.416 e. The highest BCUT2D eigenvalue weighted by atomic mass is 32.2. The molecule has 1 N–H and O–H groups in total. The van der Waals surface area contributed by atoms with Crippen LogP contribution in [0.1, 0.15) is 18.1 Å². The van der Waals surface area contributed by atoms with E-state index in [9.17, 15) is 26.4 Å². The van der Waals surface area contributed by atoms with Crippen LogP contribution in [0, 0.1) is 0 Å². The normalized spacial score (nSPS) is 13.1. The van der Waals surface area contributed by atoms with E-state index in [2.05, 4.69) is 5.32 Å². The lowest BCUT2D eigenvalue weighted by Crippen LogP contribution is -2.47. The Balaban J connectivity index is 1.85. The number of anilines is 1. The molecular formula is C22H21F3N2O3S. The number of amides is 1. The van der Waals surface area contributed by atoms with Crippen molar-refractivity contribution < 1.29 is 26.4 Å². The molecule has 0 radical (unpaired) electrons. The predicted octanol–water partition coefficient (Wildman–Crippen LogP) is 4.33. The molecule has 0 aliphatic carbocycles. The number of alkyl halides is 3. The Morgan fingerprint density at radius 3 is 2.35 bits per heavy atom. The average Bonchev–Trinajstić information content (AvgIpc) is 2.70. The van der Waals surface area contributed by atoms with Gasteiger partial charge in [-0.1, -0.05) is 48.5 Å². The molecule has 5 nitrogen and oxygen atoms in total. The van der Waals surface area contributed by atoms with E-state index in [1.807, 2.05) is 42.5 Å². The first kappa shape index (κ1) is 22.6. The van der Waals surface area contributed by atoms with Gasteiger partial charge in [0.1, 0.15) is 6.04 Å². The van der Waals surface area contributed by atoms with Gasteiger partial charge in [0.15, 0.2) is 0 Å². The van der Waals surface area contributed by atoms with Crippen molar-refractivity contribution in [2.24, 2.45) is 0 Å². The van der Waals surface area contributed by atoms with Gasteiger partial charge in [0, 0.05) is 6.54 Å². The van der Waals surface area contributed by atoms with Crippen LogP contribution in [-0.4, -0.2) is 26.6 Å². The van der Waals surface area contributed by atoms with Crippen LogP contribution in [0.2, 0.25) is 0 Å². The smallest absolute Gasteiger partial charge is 0.350 e. The van der Waals surface area contributed by atoms with Gasteiger partial charge in [-0.2, -0.15) is 13.2 Å². The summed E-state index contributed by atoms with van der Waals surface area (Å²) in [5.74, 6) is -0.629. The number of rotatable bonds is 6. The lowest BCUT2D eigenvalue weighted by molar-refractivity contribution is -0.137. The summed E-state index contributed by atoms with van der Waals surface area (Å²) in [4.78, 5) is 12.8. The topological polar surface area (TPSA) is 66.5 Å². The molecule has 1 amide bonds. The third kappa shape index (κ3) is 5.16. The molecule has 0 saturated carbocycles. The van der Waals surface area contributed by atoms with Gasteiger partial charge in [0.05, 0.1) is 17.5 Å². The SMILES string of the molecule is C[C@H](C(=O)NCc1cccc2ccccc12)N(c1cccc(C(F)(F)F)c1)S(C)(=O)=O. The molecule has 3 rings (SSSR count). The number of sulfonamides is 1. The highest BCUT2D eigenvalue weighted by Gasteiger charge is 2.34. The second-order valence-corrected chi connectivity index (χ2v) is 9.00. The summed E-state index contributed by atoms with van der Waals surface area (Å²) in [6, 6.07) is 15.9. The summed E-state index contributed by atoms with van der Waals surface area (Å²) < 4.78 is 64.6. The van der Waals surface area contributed by atoms with Gasteiger partial charge in [-0.3, -0.25) is 9.10 Å². The number of fused-ring (bicyclic) bond motifs is 1. The minimum atomic E-state index is -4.64. The van der Waals surface area contributed by atoms with E-state index >= 15 is 0 Å². The van der Waals surface area contributed by atoms with Gasteiger partial charge in [-0.25, -0.2) is 8.42 Å². The van der Waals surface area contributed by atoms with Gasteiger partial charge >= 0.3 is 6.18 Å². The third-order valence-corrected chi connectivity index (χ3v) is 6.09.